The van der Waals surface area contributed by atoms with Crippen molar-refractivity contribution in [2.24, 2.45) is 17.5 Å². The standard InChI is InChI=1S/C16H24B2N2O4S2.C4Br2N2S2/c1-13(2)14(3,4)22-17(21-13)11-9-10(20-26-19-9)12(25-11)18-23-15(5,6)16(7,8)24-18;5-3-1-2(4(6)9-3)8-10-7-1/h1-8H3;. The van der Waals surface area contributed by atoms with Crippen molar-refractivity contribution in [2.75, 3.05) is 0 Å². The van der Waals surface area contributed by atoms with E-state index in [0.29, 0.717) is 0 Å². The third kappa shape index (κ3) is 4.56. The molecule has 2 saturated heterocycles. The van der Waals surface area contributed by atoms with Crippen LogP contribution in [-0.4, -0.2) is 36.6 Å². The second-order valence-electron chi connectivity index (χ2n) is 10.6. The largest absolute Gasteiger partial charge is 0.507 e. The first-order chi connectivity index (χ1) is 16.6. The number of fused-ring (bicyclic) bond motifs is 2. The van der Waals surface area contributed by atoms with E-state index in [0.717, 1.165) is 39.9 Å². The number of nitrogens with zero attached hydrogens (tertiary/aromatic N) is 4. The van der Waals surface area contributed by atoms with E-state index in [9.17, 15) is 0 Å². The van der Waals surface area contributed by atoms with Gasteiger partial charge in [-0.05, 0) is 87.2 Å². The van der Waals surface area contributed by atoms with Crippen LogP contribution in [0.2, 0.25) is 0 Å². The highest BCUT2D eigenvalue weighted by Gasteiger charge is 2.56. The maximum atomic E-state index is 6.23. The van der Waals surface area contributed by atoms with Crippen LogP contribution in [0.1, 0.15) is 55.4 Å². The molecule has 2 aromatic heterocycles. The number of rotatable bonds is 2. The Morgan fingerprint density at radius 3 is 1.17 bits per heavy atom. The molecular weight excluding hydrogens is 670 g/mol. The molecule has 0 bridgehead atoms. The summed E-state index contributed by atoms with van der Waals surface area (Å²) in [6.45, 7) is 16.4. The fourth-order valence-electron chi connectivity index (χ4n) is 3.57. The van der Waals surface area contributed by atoms with E-state index >= 15 is 0 Å². The predicted octanol–water partition coefficient (Wildman–Crippen LogP) is 7.07. The molecule has 6 heterocycles. The van der Waals surface area contributed by atoms with E-state index < -0.39 is 36.6 Å². The predicted molar refractivity (Wildman–Crippen MR) is 159 cm³/mol. The lowest BCUT2D eigenvalue weighted by Gasteiger charge is -2.32. The molecule has 2 fully saturated rings. The van der Waals surface area contributed by atoms with Gasteiger partial charge in [0.25, 0.3) is 0 Å². The Balaban J connectivity index is 0.000000222. The number of hydrogen-bond donors (Lipinski definition) is 0. The lowest BCUT2D eigenvalue weighted by atomic mass is 9.83. The molecule has 0 radical (unpaired) electrons. The molecule has 0 aliphatic carbocycles. The molecule has 8 nitrogen and oxygen atoms in total. The molecule has 4 aliphatic heterocycles. The normalized spacial score (nSPS) is 23.3. The summed E-state index contributed by atoms with van der Waals surface area (Å²) >= 11 is 12.4. The maximum absolute atomic E-state index is 6.23. The van der Waals surface area contributed by atoms with Gasteiger partial charge in [0, 0.05) is 0 Å². The van der Waals surface area contributed by atoms with Crippen molar-refractivity contribution in [2.45, 2.75) is 77.8 Å². The molecule has 0 aromatic carbocycles. The molecule has 0 atom stereocenters. The zero-order valence-electron chi connectivity index (χ0n) is 21.0. The van der Waals surface area contributed by atoms with Crippen molar-refractivity contribution in [3.63, 3.8) is 0 Å². The van der Waals surface area contributed by atoms with Crippen LogP contribution in [0, 0.1) is 0 Å². The zero-order valence-corrected chi connectivity index (χ0v) is 27.4. The van der Waals surface area contributed by atoms with E-state index in [-0.39, 0.29) is 0 Å². The summed E-state index contributed by atoms with van der Waals surface area (Å²) in [5.74, 6) is 0. The number of halogens is 2. The van der Waals surface area contributed by atoms with E-state index in [4.69, 9.17) is 18.6 Å². The number of hydrogen-bond acceptors (Lipinski definition) is 10. The minimum Gasteiger partial charge on any atom is -0.399 e. The molecule has 0 spiro atoms. The highest BCUT2D eigenvalue weighted by atomic mass is 79.9. The van der Waals surface area contributed by atoms with Crippen LogP contribution < -0.4 is 9.55 Å². The smallest absolute Gasteiger partial charge is 0.399 e. The monoisotopic (exact) mass is 692 g/mol. The molecule has 0 amide bonds. The molecular formula is C20H24B2Br2N4O4S4. The van der Waals surface area contributed by atoms with Crippen LogP contribution in [0.5, 0.6) is 0 Å². The Morgan fingerprint density at radius 1 is 0.528 bits per heavy atom. The molecule has 6 rings (SSSR count). The molecule has 2 aromatic rings. The minimum atomic E-state index is -0.465. The molecule has 0 unspecified atom stereocenters. The lowest BCUT2D eigenvalue weighted by molar-refractivity contribution is 0.00578. The topological polar surface area (TPSA) is 86.4 Å². The summed E-state index contributed by atoms with van der Waals surface area (Å²) in [6, 6.07) is 0. The van der Waals surface area contributed by atoms with Crippen molar-refractivity contribution in [1.29, 1.82) is 0 Å². The summed E-state index contributed by atoms with van der Waals surface area (Å²) in [5, 5.41) is 0. The molecule has 192 valence electrons. The quantitative estimate of drug-likeness (QED) is 0.210. The zero-order chi connectivity index (χ0) is 26.3. The van der Waals surface area contributed by atoms with Gasteiger partial charge < -0.3 is 18.6 Å². The number of thiophene rings is 2. The second-order valence-corrected chi connectivity index (χ2v) is 16.4. The summed E-state index contributed by atoms with van der Waals surface area (Å²) in [7, 11) is -0.930. The lowest BCUT2D eigenvalue weighted by Crippen LogP contribution is -2.41. The first kappa shape index (κ1) is 27.5. The van der Waals surface area contributed by atoms with Gasteiger partial charge in [-0.3, -0.25) is 0 Å². The third-order valence-corrected chi connectivity index (χ3v) is 11.9. The molecule has 0 saturated carbocycles. The highest BCUT2D eigenvalue weighted by Crippen LogP contribution is 2.50. The Kier molecular flexibility index (Phi) is 7.09. The van der Waals surface area contributed by atoms with Gasteiger partial charge in [0.1, 0.15) is 30.3 Å². The average Bonchev–Trinajstić information content (AvgIpc) is 3.53. The highest BCUT2D eigenvalue weighted by molar-refractivity contribution is 9.12. The van der Waals surface area contributed by atoms with Crippen molar-refractivity contribution in [3.8, 4) is 0 Å². The van der Waals surface area contributed by atoms with Gasteiger partial charge >= 0.3 is 14.2 Å². The molecule has 4 aliphatic rings. The summed E-state index contributed by atoms with van der Waals surface area (Å²) in [5.41, 5.74) is 1.96. The van der Waals surface area contributed by atoms with Crippen LogP contribution in [0.25, 0.3) is 0 Å². The van der Waals surface area contributed by atoms with E-state index in [1.807, 2.05) is 55.4 Å². The Morgan fingerprint density at radius 2 is 0.833 bits per heavy atom. The third-order valence-electron chi connectivity index (χ3n) is 7.15. The summed E-state index contributed by atoms with van der Waals surface area (Å²) < 4.78 is 46.1. The Hall–Kier alpha value is -0.0301. The van der Waals surface area contributed by atoms with Crippen LogP contribution in [-0.2, 0) is 41.3 Å². The fourth-order valence-corrected chi connectivity index (χ4v) is 9.08. The molecule has 16 heteroatoms. The van der Waals surface area contributed by atoms with Gasteiger partial charge in [0.2, 0.25) is 0 Å². The van der Waals surface area contributed by atoms with Crippen LogP contribution in [0.15, 0.2) is 25.0 Å². The second kappa shape index (κ2) is 9.27. The fraction of sp³-hybridized carbons (Fsp3) is 0.600. The first-order valence-electron chi connectivity index (χ1n) is 11.2. The van der Waals surface area contributed by atoms with Crippen molar-refractivity contribution in [1.82, 2.24) is 0 Å². The van der Waals surface area contributed by atoms with Crippen molar-refractivity contribution >= 4 is 124 Å². The van der Waals surface area contributed by atoms with Crippen molar-refractivity contribution in [3.05, 3.63) is 7.57 Å². The van der Waals surface area contributed by atoms with Crippen LogP contribution >= 0.6 is 54.5 Å². The summed E-state index contributed by atoms with van der Waals surface area (Å²) in [6.07, 6.45) is 0. The van der Waals surface area contributed by atoms with Gasteiger partial charge in [-0.15, -0.1) is 22.7 Å². The summed E-state index contributed by atoms with van der Waals surface area (Å²) in [4.78, 5) is 0. The Labute approximate surface area is 243 Å². The van der Waals surface area contributed by atoms with Gasteiger partial charge in [-0.1, -0.05) is 0 Å². The maximum Gasteiger partial charge on any atom is 0.507 e. The SMILES string of the molecule is Brc1sc(Br)c2c1N=S=N2.CC1(C)OB(c2sc(B3OC(C)(C)C(C)(C)O3)c3c2N=S=N3)OC1(C)C. The van der Waals surface area contributed by atoms with Crippen LogP contribution in [0.3, 0.4) is 0 Å². The van der Waals surface area contributed by atoms with E-state index in [1.165, 1.54) is 22.7 Å². The Bertz CT molecular complexity index is 1270. The molecule has 36 heavy (non-hydrogen) atoms. The van der Waals surface area contributed by atoms with Crippen molar-refractivity contribution < 1.29 is 18.6 Å². The van der Waals surface area contributed by atoms with Gasteiger partial charge in [0.05, 0.1) is 54.7 Å². The average molecular weight is 694 g/mol. The first-order valence-corrected chi connectivity index (χ1v) is 15.8. The van der Waals surface area contributed by atoms with E-state index in [1.54, 1.807) is 22.7 Å². The van der Waals surface area contributed by atoms with Gasteiger partial charge in [0.15, 0.2) is 0 Å². The van der Waals surface area contributed by atoms with Crippen LogP contribution in [0.4, 0.5) is 22.7 Å². The molecule has 0 N–H and O–H groups in total. The van der Waals surface area contributed by atoms with E-state index in [2.05, 4.69) is 49.3 Å². The van der Waals surface area contributed by atoms with Gasteiger partial charge in [-0.25, -0.2) is 0 Å². The van der Waals surface area contributed by atoms with Gasteiger partial charge in [-0.2, -0.15) is 17.5 Å². The minimum absolute atomic E-state index is 0.401.